The number of thiophene rings is 2. The molecule has 4 heterocycles. The van der Waals surface area contributed by atoms with Gasteiger partial charge in [-0.2, -0.15) is 42.6 Å². The fraction of sp³-hybridized carbons (Fsp3) is 0.333. The van der Waals surface area contributed by atoms with Gasteiger partial charge in [-0.1, -0.05) is 0 Å². The molecule has 1 saturated carbocycles. The van der Waals surface area contributed by atoms with Crippen LogP contribution in [0.1, 0.15) is 46.2 Å². The van der Waals surface area contributed by atoms with Crippen molar-refractivity contribution in [3.8, 4) is 23.8 Å². The van der Waals surface area contributed by atoms with Crippen molar-refractivity contribution in [1.82, 2.24) is 19.9 Å². The summed E-state index contributed by atoms with van der Waals surface area (Å²) in [5.74, 6) is 1.31. The molecular weight excluding hydrogens is 472 g/mol. The van der Waals surface area contributed by atoms with Gasteiger partial charge in [0.2, 0.25) is 11.8 Å². The summed E-state index contributed by atoms with van der Waals surface area (Å²) in [5.41, 5.74) is 4.22. The van der Waals surface area contributed by atoms with Crippen LogP contribution in [0.2, 0.25) is 0 Å². The summed E-state index contributed by atoms with van der Waals surface area (Å²) >= 11 is 3.36. The van der Waals surface area contributed by atoms with Gasteiger partial charge in [-0.15, -0.1) is 0 Å². The Labute approximate surface area is 205 Å². The first-order valence-electron chi connectivity index (χ1n) is 10.6. The lowest BCUT2D eigenvalue weighted by Gasteiger charge is -2.51. The zero-order chi connectivity index (χ0) is 23.7. The van der Waals surface area contributed by atoms with E-state index in [0.29, 0.717) is 11.8 Å². The highest BCUT2D eigenvalue weighted by molar-refractivity contribution is 7.08. The maximum atomic E-state index is 5.46. The molecule has 1 fully saturated rings. The minimum atomic E-state index is 0.0620. The Kier molecular flexibility index (Phi) is 6.34. The van der Waals surface area contributed by atoms with E-state index in [1.165, 1.54) is 11.1 Å². The summed E-state index contributed by atoms with van der Waals surface area (Å²) in [4.78, 5) is 18.1. The Morgan fingerprint density at radius 1 is 0.588 bits per heavy atom. The van der Waals surface area contributed by atoms with Crippen LogP contribution < -0.4 is 18.9 Å². The van der Waals surface area contributed by atoms with E-state index < -0.39 is 0 Å². The lowest BCUT2D eigenvalue weighted by molar-refractivity contribution is 0.215. The van der Waals surface area contributed by atoms with Crippen LogP contribution in [0.25, 0.3) is 0 Å². The predicted octanol–water partition coefficient (Wildman–Crippen LogP) is 4.87. The second kappa shape index (κ2) is 9.55. The van der Waals surface area contributed by atoms with Gasteiger partial charge in [-0.05, 0) is 44.8 Å². The Morgan fingerprint density at radius 3 is 1.35 bits per heavy atom. The third-order valence-electron chi connectivity index (χ3n) is 6.27. The summed E-state index contributed by atoms with van der Waals surface area (Å²) in [6.45, 7) is 0. The van der Waals surface area contributed by atoms with Crippen LogP contribution in [0.5, 0.6) is 23.8 Å². The van der Waals surface area contributed by atoms with E-state index in [1.54, 1.807) is 51.1 Å². The van der Waals surface area contributed by atoms with Gasteiger partial charge in [-0.25, -0.2) is 0 Å². The maximum absolute atomic E-state index is 5.46. The van der Waals surface area contributed by atoms with Crippen molar-refractivity contribution in [2.75, 3.05) is 28.4 Å². The van der Waals surface area contributed by atoms with E-state index in [9.17, 15) is 0 Å². The van der Waals surface area contributed by atoms with Crippen molar-refractivity contribution in [2.45, 2.75) is 23.7 Å². The maximum Gasteiger partial charge on any atom is 0.319 e. The quantitative estimate of drug-likeness (QED) is 0.341. The zero-order valence-electron chi connectivity index (χ0n) is 19.2. The largest absolute Gasteiger partial charge is 0.481 e. The summed E-state index contributed by atoms with van der Waals surface area (Å²) in [6.07, 6.45) is 0. The normalized spacial score (nSPS) is 21.5. The van der Waals surface area contributed by atoms with E-state index in [0.717, 1.165) is 11.4 Å². The van der Waals surface area contributed by atoms with Gasteiger partial charge in [-0.3, -0.25) is 0 Å². The van der Waals surface area contributed by atoms with Crippen LogP contribution in [0.15, 0.2) is 45.8 Å². The van der Waals surface area contributed by atoms with Gasteiger partial charge in [0.15, 0.2) is 0 Å². The van der Waals surface area contributed by atoms with Gasteiger partial charge in [0.05, 0.1) is 39.8 Å². The summed E-state index contributed by atoms with van der Waals surface area (Å²) in [6, 6.07) is 8.73. The number of nitrogens with zero attached hydrogens (tertiary/aromatic N) is 4. The molecule has 4 aromatic rings. The summed E-state index contributed by atoms with van der Waals surface area (Å²) in [5, 5.41) is 8.59. The molecule has 0 amide bonds. The highest BCUT2D eigenvalue weighted by Gasteiger charge is 2.55. The van der Waals surface area contributed by atoms with Crippen LogP contribution in [0.3, 0.4) is 0 Å². The number of hydrogen-bond acceptors (Lipinski definition) is 10. The van der Waals surface area contributed by atoms with E-state index in [1.807, 2.05) is 12.1 Å². The van der Waals surface area contributed by atoms with Crippen LogP contribution in [-0.4, -0.2) is 48.4 Å². The molecule has 0 aliphatic heterocycles. The average molecular weight is 497 g/mol. The molecule has 0 spiro atoms. The molecule has 0 aromatic carbocycles. The molecule has 0 N–H and O–H groups in total. The topological polar surface area (TPSA) is 88.5 Å². The minimum Gasteiger partial charge on any atom is -0.481 e. The molecule has 1 aliphatic carbocycles. The lowest BCUT2D eigenvalue weighted by Crippen LogP contribution is -2.40. The van der Waals surface area contributed by atoms with E-state index in [-0.39, 0.29) is 35.7 Å². The van der Waals surface area contributed by atoms with Crippen LogP contribution in [-0.2, 0) is 0 Å². The predicted molar refractivity (Wildman–Crippen MR) is 130 cm³/mol. The zero-order valence-corrected chi connectivity index (χ0v) is 20.8. The highest BCUT2D eigenvalue weighted by atomic mass is 32.1. The fourth-order valence-electron chi connectivity index (χ4n) is 4.82. The first kappa shape index (κ1) is 22.5. The first-order valence-corrected chi connectivity index (χ1v) is 12.5. The molecule has 8 nitrogen and oxygen atoms in total. The number of rotatable bonds is 8. The van der Waals surface area contributed by atoms with Gasteiger partial charge in [0, 0.05) is 35.8 Å². The summed E-state index contributed by atoms with van der Waals surface area (Å²) in [7, 11) is 6.32. The Bertz CT molecular complexity index is 1100. The molecule has 5 rings (SSSR count). The van der Waals surface area contributed by atoms with Gasteiger partial charge >= 0.3 is 12.0 Å². The molecule has 0 atom stereocenters. The molecule has 0 radical (unpaired) electrons. The minimum absolute atomic E-state index is 0.0620. The standard InChI is InChI=1S/C24H24N4O4S2/c1-29-17-9-15(25-23(27-17)31-3)21-19(13-5-7-33-11-13)22(20(21)14-6-8-34-12-14)16-10-18(30-2)28-24(26-16)32-4/h5-12,19-22H,1-4H3/t19-,20-,21-,22+. The first-order chi connectivity index (χ1) is 16.7. The number of ether oxygens (including phenoxy) is 4. The molecular formula is C24H24N4O4S2. The van der Waals surface area contributed by atoms with Crippen LogP contribution >= 0.6 is 22.7 Å². The Balaban J connectivity index is 1.69. The van der Waals surface area contributed by atoms with Crippen molar-refractivity contribution in [3.63, 3.8) is 0 Å². The molecule has 0 saturated heterocycles. The van der Waals surface area contributed by atoms with Gasteiger partial charge < -0.3 is 18.9 Å². The van der Waals surface area contributed by atoms with Crippen molar-refractivity contribution >= 4 is 22.7 Å². The second-order valence-electron chi connectivity index (χ2n) is 7.86. The van der Waals surface area contributed by atoms with Crippen molar-refractivity contribution in [1.29, 1.82) is 0 Å². The molecule has 176 valence electrons. The average Bonchev–Trinajstić information content (AvgIpc) is 3.58. The molecule has 0 bridgehead atoms. The number of aromatic nitrogens is 4. The van der Waals surface area contributed by atoms with E-state index >= 15 is 0 Å². The van der Waals surface area contributed by atoms with Crippen LogP contribution in [0, 0.1) is 0 Å². The smallest absolute Gasteiger partial charge is 0.319 e. The third-order valence-corrected chi connectivity index (χ3v) is 7.68. The van der Waals surface area contributed by atoms with Crippen molar-refractivity contribution in [3.05, 3.63) is 68.3 Å². The number of hydrogen-bond donors (Lipinski definition) is 0. The Morgan fingerprint density at radius 2 is 1.03 bits per heavy atom. The second-order valence-corrected chi connectivity index (χ2v) is 9.42. The number of methoxy groups -OCH3 is 4. The third kappa shape index (κ3) is 3.97. The SMILES string of the molecule is COc1cc([C@H]2[C@H](c3ccsc3)[C@@H](c3cc(OC)nc(OC)n3)[C@H]2c2ccsc2)nc(OC)n1. The lowest BCUT2D eigenvalue weighted by atomic mass is 9.51. The summed E-state index contributed by atoms with van der Waals surface area (Å²) < 4.78 is 21.7. The van der Waals surface area contributed by atoms with Crippen molar-refractivity contribution < 1.29 is 18.9 Å². The molecule has 0 unspecified atom stereocenters. The fourth-order valence-corrected chi connectivity index (χ4v) is 6.23. The van der Waals surface area contributed by atoms with Crippen molar-refractivity contribution in [2.24, 2.45) is 0 Å². The monoisotopic (exact) mass is 496 g/mol. The van der Waals surface area contributed by atoms with E-state index in [4.69, 9.17) is 28.9 Å². The molecule has 10 heteroatoms. The van der Waals surface area contributed by atoms with E-state index in [2.05, 4.69) is 43.6 Å². The highest BCUT2D eigenvalue weighted by Crippen LogP contribution is 2.66. The van der Waals surface area contributed by atoms with Gasteiger partial charge in [0.25, 0.3) is 0 Å². The molecule has 34 heavy (non-hydrogen) atoms. The molecule has 1 aliphatic rings. The Hall–Kier alpha value is -3.24. The molecule has 4 aromatic heterocycles. The van der Waals surface area contributed by atoms with Crippen LogP contribution in [0.4, 0.5) is 0 Å². The van der Waals surface area contributed by atoms with Gasteiger partial charge in [0.1, 0.15) is 0 Å².